The van der Waals surface area contributed by atoms with Gasteiger partial charge in [-0.2, -0.15) is 0 Å². The highest BCUT2D eigenvalue weighted by molar-refractivity contribution is 6.06. The van der Waals surface area contributed by atoms with Crippen molar-refractivity contribution in [3.8, 4) is 0 Å². The second kappa shape index (κ2) is 6.05. The lowest BCUT2D eigenvalue weighted by molar-refractivity contribution is 0.0948. The van der Waals surface area contributed by atoms with Gasteiger partial charge >= 0.3 is 0 Å². The standard InChI is InChI=1S/C15H20N4O/c20-15(17-6-9-19-7-2-1-3-8-19)13-10-18-14-11-16-5-4-12(13)14/h4-5,10-11,18H,1-3,6-9H2,(H,17,20). The van der Waals surface area contributed by atoms with Crippen LogP contribution < -0.4 is 5.32 Å². The zero-order valence-corrected chi connectivity index (χ0v) is 11.6. The van der Waals surface area contributed by atoms with Crippen molar-refractivity contribution in [3.05, 3.63) is 30.2 Å². The Morgan fingerprint density at radius 3 is 3.05 bits per heavy atom. The van der Waals surface area contributed by atoms with Crippen LogP contribution in [0.2, 0.25) is 0 Å². The fourth-order valence-corrected chi connectivity index (χ4v) is 2.77. The lowest BCUT2D eigenvalue weighted by Gasteiger charge is -2.26. The lowest BCUT2D eigenvalue weighted by Crippen LogP contribution is -2.37. The average Bonchev–Trinajstić information content (AvgIpc) is 2.92. The van der Waals surface area contributed by atoms with E-state index in [1.54, 1.807) is 18.6 Å². The molecule has 106 valence electrons. The van der Waals surface area contributed by atoms with E-state index >= 15 is 0 Å². The number of H-pyrrole nitrogens is 1. The molecule has 2 N–H and O–H groups in total. The normalized spacial score (nSPS) is 16.4. The molecule has 3 heterocycles. The quantitative estimate of drug-likeness (QED) is 0.892. The van der Waals surface area contributed by atoms with Gasteiger partial charge < -0.3 is 15.2 Å². The Balaban J connectivity index is 1.56. The molecule has 2 aromatic rings. The number of hydrogen-bond acceptors (Lipinski definition) is 3. The smallest absolute Gasteiger partial charge is 0.253 e. The fourth-order valence-electron chi connectivity index (χ4n) is 2.77. The van der Waals surface area contributed by atoms with Gasteiger partial charge in [0.2, 0.25) is 0 Å². The number of pyridine rings is 1. The third-order valence-electron chi connectivity index (χ3n) is 3.89. The summed E-state index contributed by atoms with van der Waals surface area (Å²) in [4.78, 5) is 21.7. The first kappa shape index (κ1) is 13.1. The molecular formula is C15H20N4O. The summed E-state index contributed by atoms with van der Waals surface area (Å²) in [5.41, 5.74) is 1.59. The number of aromatic amines is 1. The van der Waals surface area contributed by atoms with Gasteiger partial charge in [-0.25, -0.2) is 0 Å². The predicted octanol–water partition coefficient (Wildman–Crippen LogP) is 1.78. The van der Waals surface area contributed by atoms with E-state index in [9.17, 15) is 4.79 Å². The Bertz CT molecular complexity index is 586. The number of aromatic nitrogens is 2. The van der Waals surface area contributed by atoms with Crippen molar-refractivity contribution in [3.63, 3.8) is 0 Å². The molecule has 2 aromatic heterocycles. The molecule has 0 spiro atoms. The van der Waals surface area contributed by atoms with Crippen LogP contribution in [-0.4, -0.2) is 47.0 Å². The van der Waals surface area contributed by atoms with E-state index in [1.807, 2.05) is 6.07 Å². The Morgan fingerprint density at radius 2 is 2.20 bits per heavy atom. The molecule has 3 rings (SSSR count). The number of piperidine rings is 1. The topological polar surface area (TPSA) is 61.0 Å². The summed E-state index contributed by atoms with van der Waals surface area (Å²) in [6.07, 6.45) is 9.10. The third-order valence-corrected chi connectivity index (χ3v) is 3.89. The minimum absolute atomic E-state index is 0.0144. The summed E-state index contributed by atoms with van der Waals surface area (Å²) < 4.78 is 0. The van der Waals surface area contributed by atoms with Crippen LogP contribution in [0, 0.1) is 0 Å². The number of carbonyl (C=O) groups is 1. The largest absolute Gasteiger partial charge is 0.359 e. The van der Waals surface area contributed by atoms with Gasteiger partial charge in [0.1, 0.15) is 0 Å². The maximum absolute atomic E-state index is 12.2. The molecule has 0 aromatic carbocycles. The Hall–Kier alpha value is -1.88. The summed E-state index contributed by atoms with van der Waals surface area (Å²) >= 11 is 0. The van der Waals surface area contributed by atoms with E-state index in [1.165, 1.54) is 19.3 Å². The van der Waals surface area contributed by atoms with E-state index in [0.717, 1.165) is 30.5 Å². The van der Waals surface area contributed by atoms with Crippen LogP contribution >= 0.6 is 0 Å². The number of fused-ring (bicyclic) bond motifs is 1. The summed E-state index contributed by atoms with van der Waals surface area (Å²) in [6, 6.07) is 1.87. The van der Waals surface area contributed by atoms with Crippen LogP contribution in [0.3, 0.4) is 0 Å². The average molecular weight is 272 g/mol. The van der Waals surface area contributed by atoms with Crippen LogP contribution in [0.5, 0.6) is 0 Å². The van der Waals surface area contributed by atoms with Crippen LogP contribution in [0.4, 0.5) is 0 Å². The predicted molar refractivity (Wildman–Crippen MR) is 78.7 cm³/mol. The zero-order chi connectivity index (χ0) is 13.8. The highest BCUT2D eigenvalue weighted by Crippen LogP contribution is 2.16. The molecule has 1 saturated heterocycles. The molecule has 5 nitrogen and oxygen atoms in total. The molecule has 1 amide bonds. The number of nitrogens with zero attached hydrogens (tertiary/aromatic N) is 2. The maximum atomic E-state index is 12.2. The second-order valence-electron chi connectivity index (χ2n) is 5.28. The monoisotopic (exact) mass is 272 g/mol. The van der Waals surface area contributed by atoms with Crippen molar-refractivity contribution >= 4 is 16.8 Å². The van der Waals surface area contributed by atoms with Crippen LogP contribution in [0.15, 0.2) is 24.7 Å². The Morgan fingerprint density at radius 1 is 1.35 bits per heavy atom. The Kier molecular flexibility index (Phi) is 3.97. The molecule has 5 heteroatoms. The molecule has 0 atom stereocenters. The van der Waals surface area contributed by atoms with Crippen molar-refractivity contribution in [1.29, 1.82) is 0 Å². The van der Waals surface area contributed by atoms with Crippen LogP contribution in [0.25, 0.3) is 10.9 Å². The van der Waals surface area contributed by atoms with Crippen molar-refractivity contribution in [2.24, 2.45) is 0 Å². The molecule has 0 saturated carbocycles. The molecule has 0 unspecified atom stereocenters. The number of hydrogen-bond donors (Lipinski definition) is 2. The molecule has 1 aliphatic rings. The molecule has 0 radical (unpaired) electrons. The van der Waals surface area contributed by atoms with Crippen molar-refractivity contribution < 1.29 is 4.79 Å². The van der Waals surface area contributed by atoms with Gasteiger partial charge in [0.25, 0.3) is 5.91 Å². The zero-order valence-electron chi connectivity index (χ0n) is 11.6. The SMILES string of the molecule is O=C(NCCN1CCCCC1)c1c[nH]c2cnccc12. The number of rotatable bonds is 4. The lowest BCUT2D eigenvalue weighted by atomic mass is 10.1. The van der Waals surface area contributed by atoms with Gasteiger partial charge in [0.15, 0.2) is 0 Å². The van der Waals surface area contributed by atoms with Crippen LogP contribution in [0.1, 0.15) is 29.6 Å². The minimum Gasteiger partial charge on any atom is -0.359 e. The molecule has 0 aliphatic carbocycles. The first-order valence-corrected chi connectivity index (χ1v) is 7.26. The first-order chi connectivity index (χ1) is 9.84. The summed E-state index contributed by atoms with van der Waals surface area (Å²) in [5, 5.41) is 3.93. The van der Waals surface area contributed by atoms with E-state index in [-0.39, 0.29) is 5.91 Å². The van der Waals surface area contributed by atoms with Gasteiger partial charge in [-0.05, 0) is 32.0 Å². The molecular weight excluding hydrogens is 252 g/mol. The van der Waals surface area contributed by atoms with Gasteiger partial charge in [-0.1, -0.05) is 6.42 Å². The fraction of sp³-hybridized carbons (Fsp3) is 0.467. The number of carbonyl (C=O) groups excluding carboxylic acids is 1. The van der Waals surface area contributed by atoms with E-state index in [2.05, 4.69) is 20.2 Å². The number of nitrogens with one attached hydrogen (secondary N) is 2. The second-order valence-corrected chi connectivity index (χ2v) is 5.28. The maximum Gasteiger partial charge on any atom is 0.253 e. The molecule has 1 aliphatic heterocycles. The van der Waals surface area contributed by atoms with Gasteiger partial charge in [0.05, 0.1) is 17.3 Å². The van der Waals surface area contributed by atoms with Crippen molar-refractivity contribution in [2.75, 3.05) is 26.2 Å². The molecule has 1 fully saturated rings. The first-order valence-electron chi connectivity index (χ1n) is 7.26. The summed E-state index contributed by atoms with van der Waals surface area (Å²) in [6.45, 7) is 3.97. The molecule has 20 heavy (non-hydrogen) atoms. The van der Waals surface area contributed by atoms with E-state index < -0.39 is 0 Å². The highest BCUT2D eigenvalue weighted by atomic mass is 16.1. The third kappa shape index (κ3) is 2.82. The van der Waals surface area contributed by atoms with E-state index in [0.29, 0.717) is 12.1 Å². The van der Waals surface area contributed by atoms with Crippen molar-refractivity contribution in [1.82, 2.24) is 20.2 Å². The highest BCUT2D eigenvalue weighted by Gasteiger charge is 2.13. The number of amides is 1. The Labute approximate surface area is 118 Å². The van der Waals surface area contributed by atoms with Gasteiger partial charge in [0, 0.05) is 30.9 Å². The summed E-state index contributed by atoms with van der Waals surface area (Å²) in [5.74, 6) is -0.0144. The van der Waals surface area contributed by atoms with Gasteiger partial charge in [-0.3, -0.25) is 9.78 Å². The number of likely N-dealkylation sites (tertiary alicyclic amines) is 1. The van der Waals surface area contributed by atoms with Gasteiger partial charge in [-0.15, -0.1) is 0 Å². The van der Waals surface area contributed by atoms with Crippen LogP contribution in [-0.2, 0) is 0 Å². The summed E-state index contributed by atoms with van der Waals surface area (Å²) in [7, 11) is 0. The van der Waals surface area contributed by atoms with E-state index in [4.69, 9.17) is 0 Å². The van der Waals surface area contributed by atoms with Crippen molar-refractivity contribution in [2.45, 2.75) is 19.3 Å². The minimum atomic E-state index is -0.0144. The molecule has 0 bridgehead atoms.